The van der Waals surface area contributed by atoms with Crippen LogP contribution in [0.25, 0.3) is 0 Å². The Morgan fingerprint density at radius 3 is 2.68 bits per heavy atom. The summed E-state index contributed by atoms with van der Waals surface area (Å²) in [6.07, 6.45) is 0. The second kappa shape index (κ2) is 4.81. The van der Waals surface area contributed by atoms with Crippen LogP contribution in [0.2, 0.25) is 0 Å². The molecule has 2 aromatic rings. The molecule has 1 aliphatic heterocycles. The number of ether oxygens (including phenoxy) is 1. The van der Waals surface area contributed by atoms with Crippen LogP contribution in [-0.2, 0) is 7.05 Å². The zero-order valence-electron chi connectivity index (χ0n) is 12.5. The normalized spacial score (nSPS) is 16.9. The quantitative estimate of drug-likeness (QED) is 0.866. The van der Waals surface area contributed by atoms with Crippen LogP contribution in [0.5, 0.6) is 5.75 Å². The number of aryl methyl sites for hydroxylation is 2. The molecular formula is C16H15N3O3. The average molecular weight is 297 g/mol. The van der Waals surface area contributed by atoms with Crippen LogP contribution in [0.15, 0.2) is 38.9 Å². The minimum Gasteiger partial charge on any atom is -0.465 e. The van der Waals surface area contributed by atoms with Gasteiger partial charge in [0.15, 0.2) is 0 Å². The van der Waals surface area contributed by atoms with Crippen molar-refractivity contribution in [2.24, 2.45) is 12.8 Å². The molecule has 0 spiro atoms. The predicted octanol–water partition coefficient (Wildman–Crippen LogP) is 1.81. The molecule has 3 heterocycles. The number of nitrogens with two attached hydrogens (primary N) is 1. The zero-order valence-corrected chi connectivity index (χ0v) is 12.5. The number of pyridine rings is 1. The van der Waals surface area contributed by atoms with Crippen molar-refractivity contribution in [3.05, 3.63) is 62.8 Å². The SMILES string of the molecule is Cc1ccc([C@@H]2C(C#N)=C(N)Oc3cc(C)n(C)c(=O)c32)o1. The van der Waals surface area contributed by atoms with Gasteiger partial charge in [-0.1, -0.05) is 0 Å². The smallest absolute Gasteiger partial charge is 0.258 e. The lowest BCUT2D eigenvalue weighted by Gasteiger charge is -2.25. The van der Waals surface area contributed by atoms with E-state index in [2.05, 4.69) is 0 Å². The molecule has 2 aromatic heterocycles. The third kappa shape index (κ3) is 1.91. The number of hydrogen-bond donors (Lipinski definition) is 1. The molecule has 1 atom stereocenters. The minimum atomic E-state index is -0.651. The second-order valence-corrected chi connectivity index (χ2v) is 5.30. The van der Waals surface area contributed by atoms with Gasteiger partial charge in [-0.15, -0.1) is 0 Å². The molecule has 0 fully saturated rings. The second-order valence-electron chi connectivity index (χ2n) is 5.30. The highest BCUT2D eigenvalue weighted by molar-refractivity contribution is 5.53. The van der Waals surface area contributed by atoms with Crippen molar-refractivity contribution in [3.63, 3.8) is 0 Å². The Morgan fingerprint density at radius 1 is 1.36 bits per heavy atom. The van der Waals surface area contributed by atoms with E-state index < -0.39 is 5.92 Å². The summed E-state index contributed by atoms with van der Waals surface area (Å²) in [5.74, 6) is 0.921. The maximum absolute atomic E-state index is 12.7. The van der Waals surface area contributed by atoms with Crippen molar-refractivity contribution in [2.45, 2.75) is 19.8 Å². The maximum atomic E-state index is 12.7. The van der Waals surface area contributed by atoms with Crippen molar-refractivity contribution in [2.75, 3.05) is 0 Å². The lowest BCUT2D eigenvalue weighted by molar-refractivity contribution is 0.377. The summed E-state index contributed by atoms with van der Waals surface area (Å²) in [6, 6.07) is 7.31. The molecule has 1 aliphatic rings. The highest BCUT2D eigenvalue weighted by Gasteiger charge is 2.35. The zero-order chi connectivity index (χ0) is 16.0. The van der Waals surface area contributed by atoms with Crippen LogP contribution < -0.4 is 16.0 Å². The number of hydrogen-bond acceptors (Lipinski definition) is 5. The topological polar surface area (TPSA) is 94.2 Å². The highest BCUT2D eigenvalue weighted by atomic mass is 16.5. The minimum absolute atomic E-state index is 0.00158. The Hall–Kier alpha value is -2.94. The maximum Gasteiger partial charge on any atom is 0.258 e. The first-order chi connectivity index (χ1) is 10.4. The average Bonchev–Trinajstić information content (AvgIpc) is 2.90. The molecule has 0 bridgehead atoms. The van der Waals surface area contributed by atoms with Gasteiger partial charge in [-0.05, 0) is 26.0 Å². The summed E-state index contributed by atoms with van der Waals surface area (Å²) in [5.41, 5.74) is 6.93. The summed E-state index contributed by atoms with van der Waals surface area (Å²) in [5, 5.41) is 9.42. The van der Waals surface area contributed by atoms with Gasteiger partial charge in [0.25, 0.3) is 5.56 Å². The van der Waals surface area contributed by atoms with Crippen LogP contribution in [-0.4, -0.2) is 4.57 Å². The van der Waals surface area contributed by atoms with Crippen molar-refractivity contribution < 1.29 is 9.15 Å². The van der Waals surface area contributed by atoms with E-state index in [1.165, 1.54) is 4.57 Å². The van der Waals surface area contributed by atoms with Crippen molar-refractivity contribution >= 4 is 0 Å². The van der Waals surface area contributed by atoms with E-state index in [0.29, 0.717) is 22.8 Å². The van der Waals surface area contributed by atoms with Gasteiger partial charge in [-0.3, -0.25) is 4.79 Å². The van der Waals surface area contributed by atoms with E-state index in [1.807, 2.05) is 6.07 Å². The van der Waals surface area contributed by atoms with Crippen LogP contribution in [0.1, 0.15) is 28.7 Å². The fourth-order valence-electron chi connectivity index (χ4n) is 2.63. The Labute approximate surface area is 127 Å². The fourth-order valence-corrected chi connectivity index (χ4v) is 2.63. The Kier molecular flexibility index (Phi) is 3.06. The number of nitrogens with zero attached hydrogens (tertiary/aromatic N) is 2. The Morgan fingerprint density at radius 2 is 2.09 bits per heavy atom. The first-order valence-electron chi connectivity index (χ1n) is 6.78. The summed E-state index contributed by atoms with van der Waals surface area (Å²) in [4.78, 5) is 12.7. The summed E-state index contributed by atoms with van der Waals surface area (Å²) >= 11 is 0. The fraction of sp³-hybridized carbons (Fsp3) is 0.250. The molecule has 0 aromatic carbocycles. The van der Waals surface area contributed by atoms with Crippen LogP contribution >= 0.6 is 0 Å². The third-order valence-corrected chi connectivity index (χ3v) is 3.90. The molecule has 0 aliphatic carbocycles. The van der Waals surface area contributed by atoms with Crippen LogP contribution in [0.3, 0.4) is 0 Å². The van der Waals surface area contributed by atoms with Crippen molar-refractivity contribution in [3.8, 4) is 11.8 Å². The number of aromatic nitrogens is 1. The molecule has 0 radical (unpaired) electrons. The molecule has 0 saturated heterocycles. The van der Waals surface area contributed by atoms with Gasteiger partial charge < -0.3 is 19.5 Å². The third-order valence-electron chi connectivity index (χ3n) is 3.90. The van der Waals surface area contributed by atoms with E-state index in [9.17, 15) is 10.1 Å². The summed E-state index contributed by atoms with van der Waals surface area (Å²) < 4.78 is 12.6. The van der Waals surface area contributed by atoms with E-state index in [-0.39, 0.29) is 17.0 Å². The highest BCUT2D eigenvalue weighted by Crippen LogP contribution is 2.40. The van der Waals surface area contributed by atoms with Gasteiger partial charge in [0, 0.05) is 18.8 Å². The van der Waals surface area contributed by atoms with Gasteiger partial charge in [0.2, 0.25) is 5.88 Å². The van der Waals surface area contributed by atoms with Crippen LogP contribution in [0.4, 0.5) is 0 Å². The first-order valence-corrected chi connectivity index (χ1v) is 6.78. The summed E-state index contributed by atoms with van der Waals surface area (Å²) in [7, 11) is 1.68. The van der Waals surface area contributed by atoms with E-state index >= 15 is 0 Å². The Balaban J connectivity index is 2.35. The van der Waals surface area contributed by atoms with Gasteiger partial charge in [-0.25, -0.2) is 0 Å². The lowest BCUT2D eigenvalue weighted by Crippen LogP contribution is -2.31. The van der Waals surface area contributed by atoms with Gasteiger partial charge in [0.05, 0.1) is 11.5 Å². The van der Waals surface area contributed by atoms with Crippen molar-refractivity contribution in [1.82, 2.24) is 4.57 Å². The van der Waals surface area contributed by atoms with Crippen molar-refractivity contribution in [1.29, 1.82) is 5.26 Å². The van der Waals surface area contributed by atoms with Gasteiger partial charge in [0.1, 0.15) is 28.9 Å². The predicted molar refractivity (Wildman–Crippen MR) is 79.2 cm³/mol. The molecule has 0 unspecified atom stereocenters. The van der Waals surface area contributed by atoms with Crippen LogP contribution in [0, 0.1) is 25.2 Å². The summed E-state index contributed by atoms with van der Waals surface area (Å²) in [6.45, 7) is 3.60. The number of furan rings is 1. The molecule has 3 rings (SSSR count). The van der Waals surface area contributed by atoms with E-state index in [4.69, 9.17) is 14.9 Å². The molecule has 0 amide bonds. The number of nitriles is 1. The van der Waals surface area contributed by atoms with Gasteiger partial charge >= 0.3 is 0 Å². The lowest BCUT2D eigenvalue weighted by atomic mass is 9.88. The standard InChI is InChI=1S/C16H15N3O3/c1-8-6-12-14(16(20)19(8)3)13(10(7-17)15(18)22-12)11-5-4-9(2)21-11/h4-6,13H,18H2,1-3H3/t13-/m0/s1. The largest absolute Gasteiger partial charge is 0.465 e. The van der Waals surface area contributed by atoms with E-state index in [1.54, 1.807) is 39.1 Å². The molecule has 2 N–H and O–H groups in total. The molecular weight excluding hydrogens is 282 g/mol. The molecule has 6 heteroatoms. The Bertz CT molecular complexity index is 896. The number of rotatable bonds is 1. The number of allylic oxidation sites excluding steroid dienone is 1. The monoisotopic (exact) mass is 297 g/mol. The molecule has 112 valence electrons. The van der Waals surface area contributed by atoms with Gasteiger partial charge in [-0.2, -0.15) is 5.26 Å². The van der Waals surface area contributed by atoms with E-state index in [0.717, 1.165) is 5.69 Å². The number of fused-ring (bicyclic) bond motifs is 1. The first kappa shape index (κ1) is 14.0. The molecule has 6 nitrogen and oxygen atoms in total. The molecule has 0 saturated carbocycles. The molecule has 22 heavy (non-hydrogen) atoms.